The third kappa shape index (κ3) is 5.11. The lowest BCUT2D eigenvalue weighted by Crippen LogP contribution is -2.28. The van der Waals surface area contributed by atoms with E-state index in [1.54, 1.807) is 17.4 Å². The number of aliphatic hydroxyl groups excluding tert-OH is 1. The lowest BCUT2D eigenvalue weighted by molar-refractivity contribution is -0.147. The van der Waals surface area contributed by atoms with Crippen molar-refractivity contribution in [2.75, 3.05) is 6.54 Å². The van der Waals surface area contributed by atoms with E-state index in [1.165, 1.54) is 11.0 Å². The van der Waals surface area contributed by atoms with E-state index in [1.807, 2.05) is 19.1 Å². The maximum Gasteiger partial charge on any atom is 0.332 e. The molecule has 0 fully saturated rings. The van der Waals surface area contributed by atoms with Crippen molar-refractivity contribution in [2.45, 2.75) is 19.4 Å². The minimum absolute atomic E-state index is 0.00692. The van der Waals surface area contributed by atoms with Gasteiger partial charge in [0.25, 0.3) is 0 Å². The second-order valence-corrected chi connectivity index (χ2v) is 5.03. The van der Waals surface area contributed by atoms with Crippen LogP contribution in [0.3, 0.4) is 0 Å². The predicted molar refractivity (Wildman–Crippen MR) is 69.4 cm³/mol. The number of aryl methyl sites for hydroxylation is 1. The first-order valence-corrected chi connectivity index (χ1v) is 6.24. The topological polar surface area (TPSA) is 86.6 Å². The largest absolute Gasteiger partial charge is 0.479 e. The lowest BCUT2D eigenvalue weighted by atomic mass is 10.2. The van der Waals surface area contributed by atoms with Crippen molar-refractivity contribution < 1.29 is 19.8 Å². The van der Waals surface area contributed by atoms with E-state index >= 15 is 0 Å². The molecule has 0 bridgehead atoms. The fraction of sp³-hybridized carbons (Fsp3) is 0.333. The van der Waals surface area contributed by atoms with E-state index in [2.05, 4.69) is 5.32 Å². The number of rotatable bonds is 6. The van der Waals surface area contributed by atoms with Crippen molar-refractivity contribution in [3.8, 4) is 0 Å². The first-order chi connectivity index (χ1) is 8.49. The van der Waals surface area contributed by atoms with Crippen LogP contribution in [0.15, 0.2) is 18.2 Å². The molecule has 1 aromatic heterocycles. The number of hydrogen-bond donors (Lipinski definition) is 3. The summed E-state index contributed by atoms with van der Waals surface area (Å²) >= 11 is 1.58. The Morgan fingerprint density at radius 3 is 2.78 bits per heavy atom. The summed E-state index contributed by atoms with van der Waals surface area (Å²) in [6, 6.07) is 3.88. The molecule has 0 aliphatic carbocycles. The fourth-order valence-electron chi connectivity index (χ4n) is 1.22. The average Bonchev–Trinajstić information content (AvgIpc) is 2.72. The molecule has 0 aromatic carbocycles. The highest BCUT2D eigenvalue weighted by atomic mass is 32.1. The molecule has 0 aliphatic heterocycles. The Hall–Kier alpha value is -1.66. The molecule has 98 valence electrons. The summed E-state index contributed by atoms with van der Waals surface area (Å²) in [5, 5.41) is 19.9. The molecule has 1 aromatic rings. The number of aliphatic hydroxyl groups is 1. The number of carbonyl (C=O) groups excluding carboxylic acids is 1. The summed E-state index contributed by atoms with van der Waals surface area (Å²) in [6.07, 6.45) is 1.64. The van der Waals surface area contributed by atoms with Gasteiger partial charge in [0.15, 0.2) is 6.10 Å². The summed E-state index contributed by atoms with van der Waals surface area (Å²) in [5.41, 5.74) is 0. The van der Waals surface area contributed by atoms with Crippen molar-refractivity contribution in [1.82, 2.24) is 5.32 Å². The zero-order valence-corrected chi connectivity index (χ0v) is 10.7. The van der Waals surface area contributed by atoms with Gasteiger partial charge in [0.1, 0.15) is 0 Å². The predicted octanol–water partition coefficient (Wildman–Crippen LogP) is 1.02. The molecule has 0 radical (unpaired) electrons. The van der Waals surface area contributed by atoms with Gasteiger partial charge in [-0.05, 0) is 25.1 Å². The van der Waals surface area contributed by atoms with E-state index < -0.39 is 12.1 Å². The van der Waals surface area contributed by atoms with Crippen LogP contribution in [-0.2, 0) is 9.59 Å². The van der Waals surface area contributed by atoms with Gasteiger partial charge >= 0.3 is 5.97 Å². The normalized spacial score (nSPS) is 12.6. The molecule has 3 N–H and O–H groups in total. The molecule has 0 saturated carbocycles. The highest BCUT2D eigenvalue weighted by molar-refractivity contribution is 7.12. The Kier molecular flexibility index (Phi) is 5.54. The van der Waals surface area contributed by atoms with Crippen molar-refractivity contribution in [2.24, 2.45) is 0 Å². The van der Waals surface area contributed by atoms with Crippen LogP contribution in [0.1, 0.15) is 16.2 Å². The zero-order chi connectivity index (χ0) is 13.5. The van der Waals surface area contributed by atoms with Crippen molar-refractivity contribution in [3.05, 3.63) is 28.0 Å². The maximum atomic E-state index is 11.4. The smallest absolute Gasteiger partial charge is 0.332 e. The minimum Gasteiger partial charge on any atom is -0.479 e. The maximum absolute atomic E-state index is 11.4. The van der Waals surface area contributed by atoms with Gasteiger partial charge in [0, 0.05) is 28.8 Å². The summed E-state index contributed by atoms with van der Waals surface area (Å²) in [4.78, 5) is 23.8. The third-order valence-corrected chi connectivity index (χ3v) is 3.13. The quantitative estimate of drug-likeness (QED) is 0.673. The number of thiophene rings is 1. The zero-order valence-electron chi connectivity index (χ0n) is 9.92. The van der Waals surface area contributed by atoms with E-state index in [0.29, 0.717) is 0 Å². The lowest BCUT2D eigenvalue weighted by Gasteiger charge is -2.05. The van der Waals surface area contributed by atoms with Gasteiger partial charge in [-0.25, -0.2) is 4.79 Å². The van der Waals surface area contributed by atoms with Crippen LogP contribution in [0.5, 0.6) is 0 Å². The fourth-order valence-corrected chi connectivity index (χ4v) is 2.00. The summed E-state index contributed by atoms with van der Waals surface area (Å²) in [7, 11) is 0. The molecule has 0 aliphatic rings. The molecule has 0 saturated heterocycles. The summed E-state index contributed by atoms with van der Waals surface area (Å²) in [5.74, 6) is -1.59. The first kappa shape index (κ1) is 14.4. The molecule has 0 unspecified atom stereocenters. The van der Waals surface area contributed by atoms with Gasteiger partial charge in [-0.1, -0.05) is 0 Å². The van der Waals surface area contributed by atoms with E-state index in [9.17, 15) is 9.59 Å². The van der Waals surface area contributed by atoms with E-state index in [-0.39, 0.29) is 18.9 Å². The van der Waals surface area contributed by atoms with Gasteiger partial charge in [-0.3, -0.25) is 4.79 Å². The number of carboxylic acid groups (broad SMARTS) is 1. The number of carbonyl (C=O) groups is 2. The number of amides is 1. The number of aliphatic carboxylic acids is 1. The van der Waals surface area contributed by atoms with Gasteiger partial charge < -0.3 is 15.5 Å². The Bertz CT molecular complexity index is 453. The van der Waals surface area contributed by atoms with Gasteiger partial charge in [-0.2, -0.15) is 0 Å². The standard InChI is InChI=1S/C12H15NO4S/c1-8-2-3-9(18-8)4-5-11(15)13-7-6-10(14)12(16)17/h2-5,10,14H,6-7H2,1H3,(H,13,15)(H,16,17)/b5-4+/t10-/m0/s1. The Balaban J connectivity index is 2.30. The van der Waals surface area contributed by atoms with E-state index in [4.69, 9.17) is 10.2 Å². The number of hydrogen-bond acceptors (Lipinski definition) is 4. The van der Waals surface area contributed by atoms with Gasteiger partial charge in [-0.15, -0.1) is 11.3 Å². The van der Waals surface area contributed by atoms with Crippen molar-refractivity contribution >= 4 is 29.3 Å². The molecular formula is C12H15NO4S. The molecule has 0 spiro atoms. The SMILES string of the molecule is Cc1ccc(/C=C/C(=O)NCC[C@H](O)C(=O)O)s1. The monoisotopic (exact) mass is 269 g/mol. The molecule has 5 nitrogen and oxygen atoms in total. The van der Waals surface area contributed by atoms with Crippen molar-refractivity contribution in [1.29, 1.82) is 0 Å². The van der Waals surface area contributed by atoms with Crippen molar-refractivity contribution in [3.63, 3.8) is 0 Å². The molecular weight excluding hydrogens is 254 g/mol. The second kappa shape index (κ2) is 6.93. The molecule has 6 heteroatoms. The van der Waals surface area contributed by atoms with Crippen LogP contribution in [0.25, 0.3) is 6.08 Å². The molecule has 1 atom stereocenters. The minimum atomic E-state index is -1.44. The second-order valence-electron chi connectivity index (χ2n) is 3.72. The van der Waals surface area contributed by atoms with Crippen LogP contribution in [-0.4, -0.2) is 34.7 Å². The average molecular weight is 269 g/mol. The Morgan fingerprint density at radius 2 is 2.22 bits per heavy atom. The molecule has 1 heterocycles. The summed E-state index contributed by atoms with van der Waals surface area (Å²) in [6.45, 7) is 2.11. The third-order valence-electron chi connectivity index (χ3n) is 2.16. The molecule has 18 heavy (non-hydrogen) atoms. The van der Waals surface area contributed by atoms with Crippen LogP contribution < -0.4 is 5.32 Å². The van der Waals surface area contributed by atoms with Gasteiger partial charge in [0.2, 0.25) is 5.91 Å². The van der Waals surface area contributed by atoms with Crippen LogP contribution in [0.2, 0.25) is 0 Å². The molecule has 1 rings (SSSR count). The highest BCUT2D eigenvalue weighted by Gasteiger charge is 2.12. The van der Waals surface area contributed by atoms with Gasteiger partial charge in [0.05, 0.1) is 0 Å². The van der Waals surface area contributed by atoms with E-state index in [0.717, 1.165) is 4.88 Å². The Morgan fingerprint density at radius 1 is 1.50 bits per heavy atom. The number of carboxylic acids is 1. The van der Waals surface area contributed by atoms with Crippen LogP contribution >= 0.6 is 11.3 Å². The van der Waals surface area contributed by atoms with Crippen LogP contribution in [0.4, 0.5) is 0 Å². The first-order valence-electron chi connectivity index (χ1n) is 5.42. The summed E-state index contributed by atoms with van der Waals surface area (Å²) < 4.78 is 0. The highest BCUT2D eigenvalue weighted by Crippen LogP contribution is 2.16. The van der Waals surface area contributed by atoms with Crippen LogP contribution in [0, 0.1) is 6.92 Å². The number of nitrogens with one attached hydrogen (secondary N) is 1. The molecule has 1 amide bonds. The Labute approximate surface area is 109 Å².